The lowest BCUT2D eigenvalue weighted by atomic mass is 9.85. The standard InChI is InChI=1S/C20H20N3O2/c1-23-17-8-6-12(10-13(17)7-9-18(23)24)16-11-22-19(20(21)25)15-5-3-2-4-14(15)16/h5-6,8,10-11H,2-4,7,9H2,1H3,(H2,21,25). The van der Waals surface area contributed by atoms with Gasteiger partial charge in [-0.05, 0) is 66.5 Å². The molecule has 1 radical (unpaired) electrons. The molecule has 0 fully saturated rings. The maximum atomic E-state index is 11.9. The maximum Gasteiger partial charge on any atom is 0.267 e. The van der Waals surface area contributed by atoms with Gasteiger partial charge in [-0.15, -0.1) is 0 Å². The summed E-state index contributed by atoms with van der Waals surface area (Å²) in [6.45, 7) is 0. The molecule has 0 saturated heterocycles. The Morgan fingerprint density at radius 1 is 1.24 bits per heavy atom. The molecule has 0 atom stereocenters. The van der Waals surface area contributed by atoms with Crippen LogP contribution in [0.4, 0.5) is 5.69 Å². The molecular formula is C20H20N3O2. The van der Waals surface area contributed by atoms with E-state index < -0.39 is 5.91 Å². The largest absolute Gasteiger partial charge is 0.364 e. The van der Waals surface area contributed by atoms with E-state index in [1.165, 1.54) is 5.56 Å². The van der Waals surface area contributed by atoms with E-state index in [1.54, 1.807) is 11.1 Å². The molecule has 1 aliphatic carbocycles. The van der Waals surface area contributed by atoms with E-state index in [9.17, 15) is 9.59 Å². The summed E-state index contributed by atoms with van der Waals surface area (Å²) in [5.41, 5.74) is 12.2. The Bertz CT molecular complexity index is 889. The van der Waals surface area contributed by atoms with Gasteiger partial charge in [0, 0.05) is 30.9 Å². The molecule has 5 heteroatoms. The topological polar surface area (TPSA) is 76.3 Å². The van der Waals surface area contributed by atoms with Crippen molar-refractivity contribution >= 4 is 17.5 Å². The number of hydrogen-bond donors (Lipinski definition) is 1. The molecule has 2 aromatic rings. The summed E-state index contributed by atoms with van der Waals surface area (Å²) in [6, 6.07) is 6.18. The van der Waals surface area contributed by atoms with Crippen molar-refractivity contribution in [3.05, 3.63) is 53.2 Å². The molecule has 2 aliphatic rings. The van der Waals surface area contributed by atoms with Gasteiger partial charge >= 0.3 is 0 Å². The molecule has 25 heavy (non-hydrogen) atoms. The van der Waals surface area contributed by atoms with Gasteiger partial charge in [0.05, 0.1) is 0 Å². The minimum atomic E-state index is -0.480. The predicted molar refractivity (Wildman–Crippen MR) is 96.3 cm³/mol. The average molecular weight is 334 g/mol. The molecular weight excluding hydrogens is 314 g/mol. The maximum absolute atomic E-state index is 11.9. The summed E-state index contributed by atoms with van der Waals surface area (Å²) in [5.74, 6) is -0.328. The van der Waals surface area contributed by atoms with Crippen molar-refractivity contribution in [2.75, 3.05) is 11.9 Å². The molecule has 1 aliphatic heterocycles. The minimum absolute atomic E-state index is 0.153. The highest BCUT2D eigenvalue weighted by Crippen LogP contribution is 2.36. The SMILES string of the molecule is CN1C(=O)CCc2cc(-c3cnc(C(N)=O)c4c3CCC[CH]4)ccc21. The third-order valence-corrected chi connectivity index (χ3v) is 5.18. The van der Waals surface area contributed by atoms with Gasteiger partial charge in [-0.25, -0.2) is 0 Å². The lowest BCUT2D eigenvalue weighted by molar-refractivity contribution is -0.118. The van der Waals surface area contributed by atoms with Crippen LogP contribution < -0.4 is 10.6 Å². The van der Waals surface area contributed by atoms with Crippen molar-refractivity contribution in [2.45, 2.75) is 32.1 Å². The Hall–Kier alpha value is -2.69. The van der Waals surface area contributed by atoms with Gasteiger partial charge in [-0.2, -0.15) is 0 Å². The zero-order valence-electron chi connectivity index (χ0n) is 14.2. The van der Waals surface area contributed by atoms with E-state index in [2.05, 4.69) is 17.5 Å². The Balaban J connectivity index is 1.83. The van der Waals surface area contributed by atoms with Gasteiger partial charge in [0.1, 0.15) is 5.69 Å². The molecule has 0 saturated carbocycles. The second-order valence-electron chi connectivity index (χ2n) is 6.67. The molecule has 0 spiro atoms. The van der Waals surface area contributed by atoms with Crippen molar-refractivity contribution in [3.63, 3.8) is 0 Å². The number of carbonyl (C=O) groups is 2. The summed E-state index contributed by atoms with van der Waals surface area (Å²) in [5, 5.41) is 0. The monoisotopic (exact) mass is 334 g/mol. The molecule has 2 amide bonds. The van der Waals surface area contributed by atoms with Crippen LogP contribution in [0.15, 0.2) is 24.4 Å². The van der Waals surface area contributed by atoms with Crippen LogP contribution in [-0.4, -0.2) is 23.8 Å². The van der Waals surface area contributed by atoms with Gasteiger partial charge in [-0.3, -0.25) is 14.6 Å². The van der Waals surface area contributed by atoms with E-state index in [-0.39, 0.29) is 5.91 Å². The van der Waals surface area contributed by atoms with E-state index in [0.29, 0.717) is 12.1 Å². The number of benzene rings is 1. The first-order chi connectivity index (χ1) is 12.1. The van der Waals surface area contributed by atoms with Crippen molar-refractivity contribution in [1.82, 2.24) is 4.98 Å². The van der Waals surface area contributed by atoms with Crippen molar-refractivity contribution < 1.29 is 9.59 Å². The number of nitrogens with zero attached hydrogens (tertiary/aromatic N) is 2. The second-order valence-corrected chi connectivity index (χ2v) is 6.67. The summed E-state index contributed by atoms with van der Waals surface area (Å²) >= 11 is 0. The molecule has 2 N–H and O–H groups in total. The Morgan fingerprint density at radius 3 is 2.88 bits per heavy atom. The molecule has 127 valence electrons. The van der Waals surface area contributed by atoms with Gasteiger partial charge < -0.3 is 10.6 Å². The lowest BCUT2D eigenvalue weighted by Crippen LogP contribution is -2.31. The highest BCUT2D eigenvalue weighted by Gasteiger charge is 2.24. The number of primary amides is 1. The smallest absolute Gasteiger partial charge is 0.267 e. The normalized spacial score (nSPS) is 16.4. The Morgan fingerprint density at radius 2 is 2.08 bits per heavy atom. The third kappa shape index (κ3) is 2.60. The number of rotatable bonds is 2. The first kappa shape index (κ1) is 15.8. The molecule has 1 aromatic heterocycles. The zero-order valence-corrected chi connectivity index (χ0v) is 14.2. The molecule has 0 unspecified atom stereocenters. The van der Waals surface area contributed by atoms with Crippen molar-refractivity contribution in [1.29, 1.82) is 0 Å². The van der Waals surface area contributed by atoms with E-state index in [1.807, 2.05) is 19.2 Å². The highest BCUT2D eigenvalue weighted by molar-refractivity contribution is 5.97. The quantitative estimate of drug-likeness (QED) is 0.917. The average Bonchev–Trinajstić information content (AvgIpc) is 2.63. The number of carbonyl (C=O) groups excluding carboxylic acids is 2. The van der Waals surface area contributed by atoms with Crippen LogP contribution in [0.2, 0.25) is 0 Å². The fraction of sp³-hybridized carbons (Fsp3) is 0.300. The first-order valence-corrected chi connectivity index (χ1v) is 8.61. The van der Waals surface area contributed by atoms with Gasteiger partial charge in [0.2, 0.25) is 5.91 Å². The van der Waals surface area contributed by atoms with Crippen LogP contribution in [0.3, 0.4) is 0 Å². The summed E-state index contributed by atoms with van der Waals surface area (Å²) < 4.78 is 0. The zero-order chi connectivity index (χ0) is 17.6. The molecule has 5 nitrogen and oxygen atoms in total. The number of fused-ring (bicyclic) bond motifs is 2. The van der Waals surface area contributed by atoms with Crippen molar-refractivity contribution in [3.8, 4) is 11.1 Å². The molecule has 2 heterocycles. The number of amides is 2. The van der Waals surface area contributed by atoms with E-state index >= 15 is 0 Å². The Kier molecular flexibility index (Phi) is 3.79. The van der Waals surface area contributed by atoms with Gasteiger partial charge in [-0.1, -0.05) is 6.07 Å². The fourth-order valence-corrected chi connectivity index (χ4v) is 3.85. The summed E-state index contributed by atoms with van der Waals surface area (Å²) in [4.78, 5) is 29.6. The number of aromatic nitrogens is 1. The number of anilines is 1. The number of pyridine rings is 1. The van der Waals surface area contributed by atoms with Crippen molar-refractivity contribution in [2.24, 2.45) is 5.73 Å². The molecule has 0 bridgehead atoms. The number of aryl methyl sites for hydroxylation is 1. The molecule has 4 rings (SSSR count). The van der Waals surface area contributed by atoms with Gasteiger partial charge in [0.15, 0.2) is 0 Å². The van der Waals surface area contributed by atoms with Crippen LogP contribution in [0.25, 0.3) is 11.1 Å². The van der Waals surface area contributed by atoms with Crippen LogP contribution in [0.5, 0.6) is 0 Å². The highest BCUT2D eigenvalue weighted by atomic mass is 16.2. The van der Waals surface area contributed by atoms with Gasteiger partial charge in [0.25, 0.3) is 5.91 Å². The van der Waals surface area contributed by atoms with Crippen LogP contribution in [0, 0.1) is 6.42 Å². The Labute approximate surface area is 146 Å². The first-order valence-electron chi connectivity index (χ1n) is 8.61. The van der Waals surface area contributed by atoms with Crippen LogP contribution >= 0.6 is 0 Å². The fourth-order valence-electron chi connectivity index (χ4n) is 3.85. The second kappa shape index (κ2) is 5.99. The van der Waals surface area contributed by atoms with Crippen LogP contribution in [-0.2, 0) is 17.6 Å². The molecule has 1 aromatic carbocycles. The van der Waals surface area contributed by atoms with E-state index in [0.717, 1.165) is 53.6 Å². The van der Waals surface area contributed by atoms with Crippen LogP contribution in [0.1, 0.15) is 46.4 Å². The summed E-state index contributed by atoms with van der Waals surface area (Å²) in [7, 11) is 1.82. The number of nitrogens with two attached hydrogens (primary N) is 1. The lowest BCUT2D eigenvalue weighted by Gasteiger charge is -2.27. The minimum Gasteiger partial charge on any atom is -0.364 e. The van der Waals surface area contributed by atoms with E-state index in [4.69, 9.17) is 5.73 Å². The third-order valence-electron chi connectivity index (χ3n) is 5.18. The predicted octanol–water partition coefficient (Wildman–Crippen LogP) is 2.65. The summed E-state index contributed by atoms with van der Waals surface area (Å²) in [6.07, 6.45) is 8.04. The number of hydrogen-bond acceptors (Lipinski definition) is 3.